The van der Waals surface area contributed by atoms with Crippen molar-refractivity contribution in [3.05, 3.63) is 29.8 Å². The van der Waals surface area contributed by atoms with E-state index in [1.807, 2.05) is 31.2 Å². The maximum absolute atomic E-state index is 10.6. The molecule has 0 aliphatic heterocycles. The molecule has 0 bridgehead atoms. The number of aliphatic carboxylic acids is 1. The van der Waals surface area contributed by atoms with Crippen molar-refractivity contribution in [2.24, 2.45) is 5.92 Å². The van der Waals surface area contributed by atoms with Crippen molar-refractivity contribution in [1.29, 1.82) is 0 Å². The molecule has 1 aromatic carbocycles. The highest BCUT2D eigenvalue weighted by Gasteiger charge is 2.43. The second-order valence-corrected chi connectivity index (χ2v) is 3.80. The molecule has 14 heavy (non-hydrogen) atoms. The van der Waals surface area contributed by atoms with Gasteiger partial charge in [0.1, 0.15) is 0 Å². The Labute approximate surface area is 82.8 Å². The van der Waals surface area contributed by atoms with Gasteiger partial charge in [0.15, 0.2) is 0 Å². The lowest BCUT2D eigenvalue weighted by atomic mass is 10.2. The Hall–Kier alpha value is -1.51. The zero-order chi connectivity index (χ0) is 10.1. The van der Waals surface area contributed by atoms with E-state index in [2.05, 4.69) is 5.32 Å². The summed E-state index contributed by atoms with van der Waals surface area (Å²) < 4.78 is 0. The molecule has 1 fully saturated rings. The van der Waals surface area contributed by atoms with Gasteiger partial charge in [-0.2, -0.15) is 0 Å². The first-order chi connectivity index (χ1) is 6.66. The molecule has 0 saturated heterocycles. The van der Waals surface area contributed by atoms with Gasteiger partial charge in [0.25, 0.3) is 0 Å². The van der Waals surface area contributed by atoms with Crippen LogP contribution in [0.1, 0.15) is 12.0 Å². The largest absolute Gasteiger partial charge is 0.481 e. The predicted octanol–water partition coefficient (Wildman–Crippen LogP) is 1.88. The van der Waals surface area contributed by atoms with Crippen LogP contribution in [0.5, 0.6) is 0 Å². The fourth-order valence-corrected chi connectivity index (χ4v) is 1.49. The quantitative estimate of drug-likeness (QED) is 0.766. The Kier molecular flexibility index (Phi) is 2.15. The Morgan fingerprint density at radius 2 is 2.07 bits per heavy atom. The Morgan fingerprint density at radius 1 is 1.43 bits per heavy atom. The number of rotatable bonds is 3. The van der Waals surface area contributed by atoms with Gasteiger partial charge in [-0.25, -0.2) is 0 Å². The smallest absolute Gasteiger partial charge is 0.308 e. The molecule has 1 aliphatic carbocycles. The summed E-state index contributed by atoms with van der Waals surface area (Å²) in [4.78, 5) is 10.6. The molecular formula is C11H13NO2. The highest BCUT2D eigenvalue weighted by Crippen LogP contribution is 2.33. The molecule has 2 atom stereocenters. The second kappa shape index (κ2) is 3.33. The minimum absolute atomic E-state index is 0.121. The monoisotopic (exact) mass is 191 g/mol. The first kappa shape index (κ1) is 9.06. The molecule has 1 aromatic rings. The normalized spacial score (nSPS) is 24.4. The molecule has 74 valence electrons. The Balaban J connectivity index is 1.94. The van der Waals surface area contributed by atoms with E-state index in [9.17, 15) is 4.79 Å². The summed E-state index contributed by atoms with van der Waals surface area (Å²) in [5.41, 5.74) is 2.21. The van der Waals surface area contributed by atoms with Crippen LogP contribution in [0, 0.1) is 12.8 Å². The summed E-state index contributed by atoms with van der Waals surface area (Å²) in [5, 5.41) is 11.9. The molecule has 1 saturated carbocycles. The molecule has 1 aliphatic rings. The first-order valence-electron chi connectivity index (χ1n) is 4.73. The van der Waals surface area contributed by atoms with Crippen LogP contribution in [-0.4, -0.2) is 17.1 Å². The SMILES string of the molecule is Cc1ccc(NC2CC2C(=O)O)cc1. The highest BCUT2D eigenvalue weighted by molar-refractivity contribution is 5.75. The van der Waals surface area contributed by atoms with Crippen molar-refractivity contribution in [1.82, 2.24) is 0 Å². The molecule has 0 radical (unpaired) electrons. The van der Waals surface area contributed by atoms with Gasteiger partial charge in [-0.3, -0.25) is 4.79 Å². The average molecular weight is 191 g/mol. The average Bonchev–Trinajstić information content (AvgIpc) is 2.88. The van der Waals surface area contributed by atoms with E-state index in [1.165, 1.54) is 5.56 Å². The molecule has 0 amide bonds. The number of nitrogens with one attached hydrogen (secondary N) is 1. The molecule has 2 N–H and O–H groups in total. The zero-order valence-corrected chi connectivity index (χ0v) is 8.03. The van der Waals surface area contributed by atoms with Crippen LogP contribution in [0.2, 0.25) is 0 Å². The topological polar surface area (TPSA) is 49.3 Å². The molecule has 2 unspecified atom stereocenters. The van der Waals surface area contributed by atoms with Crippen molar-refractivity contribution in [2.75, 3.05) is 5.32 Å². The van der Waals surface area contributed by atoms with E-state index in [4.69, 9.17) is 5.11 Å². The summed E-state index contributed by atoms with van der Waals surface area (Å²) in [5.74, 6) is -0.897. The summed E-state index contributed by atoms with van der Waals surface area (Å²) in [6.07, 6.45) is 0.739. The fraction of sp³-hybridized carbons (Fsp3) is 0.364. The number of carboxylic acid groups (broad SMARTS) is 1. The van der Waals surface area contributed by atoms with Crippen molar-refractivity contribution >= 4 is 11.7 Å². The lowest BCUT2D eigenvalue weighted by molar-refractivity contribution is -0.138. The van der Waals surface area contributed by atoms with Crippen LogP contribution in [0.15, 0.2) is 24.3 Å². The number of carboxylic acids is 1. The lowest BCUT2D eigenvalue weighted by Crippen LogP contribution is -2.09. The van der Waals surface area contributed by atoms with Gasteiger partial charge in [0.05, 0.1) is 5.92 Å². The van der Waals surface area contributed by atoms with Crippen LogP contribution in [0.25, 0.3) is 0 Å². The van der Waals surface area contributed by atoms with Gasteiger partial charge in [0, 0.05) is 11.7 Å². The summed E-state index contributed by atoms with van der Waals surface area (Å²) in [6, 6.07) is 8.11. The number of aryl methyl sites for hydroxylation is 1. The van der Waals surface area contributed by atoms with Crippen molar-refractivity contribution in [3.63, 3.8) is 0 Å². The third kappa shape index (κ3) is 1.87. The third-order valence-corrected chi connectivity index (χ3v) is 2.51. The van der Waals surface area contributed by atoms with Crippen LogP contribution >= 0.6 is 0 Å². The van der Waals surface area contributed by atoms with E-state index in [0.29, 0.717) is 0 Å². The third-order valence-electron chi connectivity index (χ3n) is 2.51. The Morgan fingerprint density at radius 3 is 2.57 bits per heavy atom. The van der Waals surface area contributed by atoms with E-state index in [1.54, 1.807) is 0 Å². The van der Waals surface area contributed by atoms with Crippen LogP contribution in [0.3, 0.4) is 0 Å². The maximum Gasteiger partial charge on any atom is 0.308 e. The minimum atomic E-state index is -0.699. The van der Waals surface area contributed by atoms with Gasteiger partial charge in [-0.1, -0.05) is 17.7 Å². The zero-order valence-electron chi connectivity index (χ0n) is 8.03. The first-order valence-corrected chi connectivity index (χ1v) is 4.73. The summed E-state index contributed by atoms with van der Waals surface area (Å²) in [7, 11) is 0. The molecule has 3 nitrogen and oxygen atoms in total. The van der Waals surface area contributed by atoms with Gasteiger partial charge in [-0.05, 0) is 25.5 Å². The maximum atomic E-state index is 10.6. The summed E-state index contributed by atoms with van der Waals surface area (Å²) >= 11 is 0. The van der Waals surface area contributed by atoms with E-state index < -0.39 is 5.97 Å². The number of hydrogen-bond donors (Lipinski definition) is 2. The number of carbonyl (C=O) groups is 1. The van der Waals surface area contributed by atoms with Crippen molar-refractivity contribution < 1.29 is 9.90 Å². The van der Waals surface area contributed by atoms with Crippen LogP contribution < -0.4 is 5.32 Å². The van der Waals surface area contributed by atoms with E-state index in [0.717, 1.165) is 12.1 Å². The second-order valence-electron chi connectivity index (χ2n) is 3.80. The molecule has 0 heterocycles. The fourth-order valence-electron chi connectivity index (χ4n) is 1.49. The highest BCUT2D eigenvalue weighted by atomic mass is 16.4. The van der Waals surface area contributed by atoms with Crippen molar-refractivity contribution in [2.45, 2.75) is 19.4 Å². The number of anilines is 1. The van der Waals surface area contributed by atoms with Crippen LogP contribution in [0.4, 0.5) is 5.69 Å². The number of hydrogen-bond acceptors (Lipinski definition) is 2. The van der Waals surface area contributed by atoms with Gasteiger partial charge in [0.2, 0.25) is 0 Å². The molecule has 2 rings (SSSR count). The molecule has 0 spiro atoms. The summed E-state index contributed by atoms with van der Waals surface area (Å²) in [6.45, 7) is 2.03. The number of benzene rings is 1. The minimum Gasteiger partial charge on any atom is -0.481 e. The molecule has 3 heteroatoms. The van der Waals surface area contributed by atoms with E-state index in [-0.39, 0.29) is 12.0 Å². The molecular weight excluding hydrogens is 178 g/mol. The van der Waals surface area contributed by atoms with Crippen LogP contribution in [-0.2, 0) is 4.79 Å². The lowest BCUT2D eigenvalue weighted by Gasteiger charge is -2.04. The van der Waals surface area contributed by atoms with Gasteiger partial charge < -0.3 is 10.4 Å². The molecule has 0 aromatic heterocycles. The Bertz CT molecular complexity index is 345. The van der Waals surface area contributed by atoms with Gasteiger partial charge >= 0.3 is 5.97 Å². The van der Waals surface area contributed by atoms with Crippen molar-refractivity contribution in [3.8, 4) is 0 Å². The predicted molar refractivity (Wildman–Crippen MR) is 54.3 cm³/mol. The van der Waals surface area contributed by atoms with Gasteiger partial charge in [-0.15, -0.1) is 0 Å². The van der Waals surface area contributed by atoms with E-state index >= 15 is 0 Å². The standard InChI is InChI=1S/C11H13NO2/c1-7-2-4-8(5-3-7)12-10-6-9(10)11(13)14/h2-5,9-10,12H,6H2,1H3,(H,13,14).